The van der Waals surface area contributed by atoms with Gasteiger partial charge in [-0.25, -0.2) is 0 Å². The van der Waals surface area contributed by atoms with E-state index in [0.717, 1.165) is 60.9 Å². The number of carbonyl (C=O) groups is 1. The molecule has 0 radical (unpaired) electrons. The van der Waals surface area contributed by atoms with Gasteiger partial charge in [-0.2, -0.15) is 0 Å². The molecule has 2 aliphatic heterocycles. The summed E-state index contributed by atoms with van der Waals surface area (Å²) in [5, 5.41) is 1.02. The van der Waals surface area contributed by atoms with Gasteiger partial charge < -0.3 is 19.5 Å². The summed E-state index contributed by atoms with van der Waals surface area (Å²) in [4.78, 5) is 20.1. The van der Waals surface area contributed by atoms with Crippen LogP contribution in [0.15, 0.2) is 47.4 Å². The number of thioether (sulfide) groups is 1. The minimum atomic E-state index is -0.332. The van der Waals surface area contributed by atoms with E-state index in [9.17, 15) is 4.79 Å². The lowest BCUT2D eigenvalue weighted by Gasteiger charge is -2.37. The number of para-hydroxylation sites is 1. The maximum atomic E-state index is 12.1. The van der Waals surface area contributed by atoms with Crippen LogP contribution in [0.4, 0.5) is 11.4 Å². The van der Waals surface area contributed by atoms with Crippen LogP contribution < -0.4 is 9.80 Å². The minimum Gasteiger partial charge on any atom is -0.368 e. The highest BCUT2D eigenvalue weighted by Gasteiger charge is 2.28. The summed E-state index contributed by atoms with van der Waals surface area (Å²) >= 11 is 14.1. The Hall–Kier alpha value is -1.66. The molecule has 4 nitrogen and oxygen atoms in total. The van der Waals surface area contributed by atoms with Crippen LogP contribution in [-0.4, -0.2) is 62.8 Å². The summed E-state index contributed by atoms with van der Waals surface area (Å²) in [6, 6.07) is 13.7. The van der Waals surface area contributed by atoms with E-state index in [1.807, 2.05) is 12.1 Å². The number of hydrogen-bond acceptors (Lipinski definition) is 5. The highest BCUT2D eigenvalue weighted by molar-refractivity contribution is 8.03. The van der Waals surface area contributed by atoms with Crippen molar-refractivity contribution in [3.05, 3.63) is 63.0 Å². The number of aldehydes is 1. The van der Waals surface area contributed by atoms with Crippen LogP contribution >= 0.6 is 35.0 Å². The predicted molar refractivity (Wildman–Crippen MR) is 130 cm³/mol. The van der Waals surface area contributed by atoms with E-state index in [0.29, 0.717) is 10.0 Å². The Morgan fingerprint density at radius 3 is 2.50 bits per heavy atom. The average molecular weight is 462 g/mol. The molecule has 1 atom stereocenters. The second-order valence-corrected chi connectivity index (χ2v) is 9.60. The van der Waals surface area contributed by atoms with Crippen molar-refractivity contribution in [2.45, 2.75) is 6.04 Å². The monoisotopic (exact) mass is 461 g/mol. The van der Waals surface area contributed by atoms with Crippen molar-refractivity contribution < 1.29 is 4.79 Å². The van der Waals surface area contributed by atoms with Gasteiger partial charge in [0.2, 0.25) is 0 Å². The Bertz CT molecular complexity index is 944. The van der Waals surface area contributed by atoms with Crippen LogP contribution in [0.25, 0.3) is 6.08 Å². The van der Waals surface area contributed by atoms with Gasteiger partial charge in [0.1, 0.15) is 12.3 Å². The van der Waals surface area contributed by atoms with Crippen LogP contribution in [0, 0.1) is 0 Å². The SMILES string of the molecule is CN1CCN(c2ccccc2C=C2SCCN(c3ccc(Cl)c(Cl)c3)C2C=O)CC1. The normalized spacial score (nSPS) is 21.8. The molecule has 4 rings (SSSR count). The second kappa shape index (κ2) is 9.65. The van der Waals surface area contributed by atoms with Gasteiger partial charge in [0.15, 0.2) is 0 Å². The molecule has 0 saturated carbocycles. The highest BCUT2D eigenvalue weighted by Crippen LogP contribution is 2.36. The fourth-order valence-electron chi connectivity index (χ4n) is 3.96. The van der Waals surface area contributed by atoms with Crippen LogP contribution in [0.5, 0.6) is 0 Å². The number of benzene rings is 2. The quantitative estimate of drug-likeness (QED) is 0.602. The van der Waals surface area contributed by atoms with Gasteiger partial charge in [-0.1, -0.05) is 41.4 Å². The Labute approximate surface area is 192 Å². The third-order valence-corrected chi connectivity index (χ3v) is 7.49. The van der Waals surface area contributed by atoms with Crippen molar-refractivity contribution >= 4 is 58.7 Å². The molecule has 0 aliphatic carbocycles. The standard InChI is InChI=1S/C23H25Cl2N3OS/c1-26-8-10-27(11-9-26)21-5-3-2-4-17(21)14-23-22(16-29)28(12-13-30-23)18-6-7-19(24)20(25)15-18/h2-7,14-16,22H,8-13H2,1H3. The lowest BCUT2D eigenvalue weighted by Crippen LogP contribution is -2.44. The third kappa shape index (κ3) is 4.65. The zero-order chi connectivity index (χ0) is 21.1. The lowest BCUT2D eigenvalue weighted by molar-refractivity contribution is -0.108. The largest absolute Gasteiger partial charge is 0.368 e. The fourth-order valence-corrected chi connectivity index (χ4v) is 5.34. The summed E-state index contributed by atoms with van der Waals surface area (Å²) < 4.78 is 0. The molecular weight excluding hydrogens is 437 g/mol. The van der Waals surface area contributed by atoms with Gasteiger partial charge in [0, 0.05) is 54.8 Å². The number of hydrogen-bond donors (Lipinski definition) is 0. The molecule has 158 valence electrons. The zero-order valence-corrected chi connectivity index (χ0v) is 19.3. The van der Waals surface area contributed by atoms with E-state index in [4.69, 9.17) is 23.2 Å². The van der Waals surface area contributed by atoms with Crippen LogP contribution in [-0.2, 0) is 4.79 Å². The summed E-state index contributed by atoms with van der Waals surface area (Å²) in [7, 11) is 2.16. The molecule has 2 aromatic carbocycles. The fraction of sp³-hybridized carbons (Fsp3) is 0.348. The van der Waals surface area contributed by atoms with Gasteiger partial charge >= 0.3 is 0 Å². The van der Waals surface area contributed by atoms with E-state index >= 15 is 0 Å². The average Bonchev–Trinajstić information content (AvgIpc) is 2.76. The maximum Gasteiger partial charge on any atom is 0.147 e. The smallest absolute Gasteiger partial charge is 0.147 e. The number of halogens is 2. The first-order valence-electron chi connectivity index (χ1n) is 10.1. The minimum absolute atomic E-state index is 0.332. The van der Waals surface area contributed by atoms with E-state index in [1.54, 1.807) is 17.8 Å². The first-order valence-corrected chi connectivity index (χ1v) is 11.8. The number of piperazine rings is 1. The Morgan fingerprint density at radius 2 is 1.77 bits per heavy atom. The molecule has 2 saturated heterocycles. The summed E-state index contributed by atoms with van der Waals surface area (Å²) in [6.07, 6.45) is 3.21. The topological polar surface area (TPSA) is 26.8 Å². The molecular formula is C23H25Cl2N3OS. The summed E-state index contributed by atoms with van der Waals surface area (Å²) in [6.45, 7) is 4.92. The first kappa shape index (κ1) is 21.6. The van der Waals surface area contributed by atoms with Gasteiger partial charge in [-0.05, 0) is 43.0 Å². The molecule has 2 aromatic rings. The molecule has 0 bridgehead atoms. The van der Waals surface area contributed by atoms with E-state index < -0.39 is 0 Å². The number of nitrogens with zero attached hydrogens (tertiary/aromatic N) is 3. The summed E-state index contributed by atoms with van der Waals surface area (Å²) in [5.74, 6) is 0.910. The molecule has 2 aliphatic rings. The van der Waals surface area contributed by atoms with E-state index in [1.165, 1.54) is 5.69 Å². The van der Waals surface area contributed by atoms with Crippen molar-refractivity contribution in [2.75, 3.05) is 55.3 Å². The molecule has 0 N–H and O–H groups in total. The molecule has 7 heteroatoms. The Morgan fingerprint density at radius 1 is 1.00 bits per heavy atom. The van der Waals surface area contributed by atoms with Crippen LogP contribution in [0.2, 0.25) is 10.0 Å². The maximum absolute atomic E-state index is 12.1. The zero-order valence-electron chi connectivity index (χ0n) is 16.9. The Kier molecular flexibility index (Phi) is 6.94. The molecule has 0 amide bonds. The summed E-state index contributed by atoms with van der Waals surface area (Å²) in [5.41, 5.74) is 3.31. The first-order chi connectivity index (χ1) is 14.6. The molecule has 1 unspecified atom stereocenters. The number of anilines is 2. The van der Waals surface area contributed by atoms with E-state index in [2.05, 4.69) is 52.1 Å². The third-order valence-electron chi connectivity index (χ3n) is 5.67. The van der Waals surface area contributed by atoms with Gasteiger partial charge in [-0.15, -0.1) is 11.8 Å². The van der Waals surface area contributed by atoms with Crippen molar-refractivity contribution in [1.29, 1.82) is 0 Å². The van der Waals surface area contributed by atoms with Crippen LogP contribution in [0.3, 0.4) is 0 Å². The number of likely N-dealkylation sites (N-methyl/N-ethyl adjacent to an activating group) is 1. The second-order valence-electron chi connectivity index (χ2n) is 7.62. The molecule has 0 aromatic heterocycles. The van der Waals surface area contributed by atoms with Gasteiger partial charge in [-0.3, -0.25) is 0 Å². The highest BCUT2D eigenvalue weighted by atomic mass is 35.5. The van der Waals surface area contributed by atoms with Crippen LogP contribution in [0.1, 0.15) is 5.56 Å². The lowest BCUT2D eigenvalue weighted by atomic mass is 10.1. The molecule has 0 spiro atoms. The molecule has 30 heavy (non-hydrogen) atoms. The van der Waals surface area contributed by atoms with Gasteiger partial charge in [0.25, 0.3) is 0 Å². The Balaban J connectivity index is 1.64. The van der Waals surface area contributed by atoms with Gasteiger partial charge in [0.05, 0.1) is 10.0 Å². The van der Waals surface area contributed by atoms with E-state index in [-0.39, 0.29) is 6.04 Å². The number of carbonyl (C=O) groups excluding carboxylic acids is 1. The van der Waals surface area contributed by atoms with Crippen molar-refractivity contribution in [3.8, 4) is 0 Å². The number of rotatable bonds is 4. The van der Waals surface area contributed by atoms with Crippen molar-refractivity contribution in [1.82, 2.24) is 4.90 Å². The predicted octanol–water partition coefficient (Wildman–Crippen LogP) is 4.91. The molecule has 2 heterocycles. The molecule has 2 fully saturated rings. The van der Waals surface area contributed by atoms with Crippen molar-refractivity contribution in [3.63, 3.8) is 0 Å². The van der Waals surface area contributed by atoms with Crippen molar-refractivity contribution in [2.24, 2.45) is 0 Å².